The molecule has 1 rings (SSSR count). The first-order valence-electron chi connectivity index (χ1n) is 6.30. The van der Waals surface area contributed by atoms with Crippen molar-refractivity contribution in [3.8, 4) is 0 Å². The van der Waals surface area contributed by atoms with Crippen LogP contribution in [-0.4, -0.2) is 26.1 Å². The number of carbonyl (C=O) groups is 1. The number of nitrogens with two attached hydrogens (primary N) is 1. The number of amides is 1. The summed E-state index contributed by atoms with van der Waals surface area (Å²) in [6, 6.07) is 6.96. The van der Waals surface area contributed by atoms with Gasteiger partial charge in [-0.15, -0.1) is 0 Å². The minimum atomic E-state index is -0.544. The fraction of sp³-hybridized carbons (Fsp3) is 0.462. The van der Waals surface area contributed by atoms with Gasteiger partial charge in [0.1, 0.15) is 6.04 Å². The second-order valence-corrected chi connectivity index (χ2v) is 4.27. The summed E-state index contributed by atoms with van der Waals surface area (Å²) in [6.07, 6.45) is 0.648. The maximum atomic E-state index is 11.5. The minimum absolute atomic E-state index is 0.391. The summed E-state index contributed by atoms with van der Waals surface area (Å²) in [5.41, 5.74) is 15.4. The van der Waals surface area contributed by atoms with Gasteiger partial charge in [-0.2, -0.15) is 0 Å². The van der Waals surface area contributed by atoms with E-state index in [0.29, 0.717) is 26.1 Å². The molecular formula is C13H19N5O2. The van der Waals surface area contributed by atoms with Gasteiger partial charge in [-0.3, -0.25) is 4.79 Å². The van der Waals surface area contributed by atoms with Crippen LogP contribution < -0.4 is 11.1 Å². The molecule has 1 unspecified atom stereocenters. The monoisotopic (exact) mass is 277 g/mol. The molecule has 0 aromatic heterocycles. The molecule has 3 N–H and O–H groups in total. The van der Waals surface area contributed by atoms with Gasteiger partial charge in [-0.1, -0.05) is 29.4 Å². The lowest BCUT2D eigenvalue weighted by Gasteiger charge is -2.16. The molecule has 0 saturated carbocycles. The van der Waals surface area contributed by atoms with Crippen molar-refractivity contribution in [3.63, 3.8) is 0 Å². The maximum Gasteiger partial charge on any atom is 0.239 e. The third-order valence-electron chi connectivity index (χ3n) is 2.76. The van der Waals surface area contributed by atoms with E-state index in [9.17, 15) is 4.79 Å². The smallest absolute Gasteiger partial charge is 0.239 e. The zero-order valence-electron chi connectivity index (χ0n) is 11.5. The van der Waals surface area contributed by atoms with Crippen LogP contribution in [0.2, 0.25) is 0 Å². The number of ether oxygens (including phenoxy) is 1. The standard InChI is InChI=1S/C13H19N5O2/c1-20-9-10-3-5-11(6-4-10)12(13(14)19)16-7-2-8-17-18-15/h3-6,12,16H,2,7-9H2,1H3,(H2,14,19). The molecule has 0 radical (unpaired) electrons. The summed E-state index contributed by atoms with van der Waals surface area (Å²) in [5.74, 6) is -0.437. The van der Waals surface area contributed by atoms with E-state index in [1.165, 1.54) is 0 Å². The topological polar surface area (TPSA) is 113 Å². The SMILES string of the molecule is COCc1ccc(C(NCCCN=[N+]=[N-])C(N)=O)cc1. The Kier molecular flexibility index (Phi) is 7.13. The number of benzene rings is 1. The van der Waals surface area contributed by atoms with E-state index in [2.05, 4.69) is 15.3 Å². The van der Waals surface area contributed by atoms with Gasteiger partial charge in [0.2, 0.25) is 5.91 Å². The molecule has 0 saturated heterocycles. The quantitative estimate of drug-likeness (QED) is 0.309. The largest absolute Gasteiger partial charge is 0.380 e. The van der Waals surface area contributed by atoms with Crippen LogP contribution in [0.4, 0.5) is 0 Å². The highest BCUT2D eigenvalue weighted by molar-refractivity contribution is 5.81. The summed E-state index contributed by atoms with van der Waals surface area (Å²) >= 11 is 0. The molecule has 0 aliphatic heterocycles. The lowest BCUT2D eigenvalue weighted by molar-refractivity contribution is -0.120. The summed E-state index contributed by atoms with van der Waals surface area (Å²) < 4.78 is 5.03. The zero-order valence-corrected chi connectivity index (χ0v) is 11.5. The average molecular weight is 277 g/mol. The molecule has 20 heavy (non-hydrogen) atoms. The second-order valence-electron chi connectivity index (χ2n) is 4.27. The van der Waals surface area contributed by atoms with Crippen molar-refractivity contribution >= 4 is 5.91 Å². The minimum Gasteiger partial charge on any atom is -0.380 e. The van der Waals surface area contributed by atoms with Crippen molar-refractivity contribution < 1.29 is 9.53 Å². The number of hydrogen-bond acceptors (Lipinski definition) is 4. The van der Waals surface area contributed by atoms with Crippen LogP contribution in [0.5, 0.6) is 0 Å². The highest BCUT2D eigenvalue weighted by Gasteiger charge is 2.16. The van der Waals surface area contributed by atoms with Crippen LogP contribution in [0, 0.1) is 0 Å². The first kappa shape index (κ1) is 16.0. The summed E-state index contributed by atoms with van der Waals surface area (Å²) in [5, 5.41) is 6.49. The van der Waals surface area contributed by atoms with Crippen molar-refractivity contribution in [1.82, 2.24) is 5.32 Å². The Bertz CT molecular complexity index is 468. The molecule has 0 heterocycles. The van der Waals surface area contributed by atoms with E-state index in [1.807, 2.05) is 24.3 Å². The number of hydrogen-bond donors (Lipinski definition) is 2. The first-order valence-corrected chi connectivity index (χ1v) is 6.30. The molecule has 7 heteroatoms. The van der Waals surface area contributed by atoms with E-state index >= 15 is 0 Å². The van der Waals surface area contributed by atoms with Gasteiger partial charge < -0.3 is 15.8 Å². The molecule has 0 aliphatic rings. The van der Waals surface area contributed by atoms with Gasteiger partial charge in [0.05, 0.1) is 6.61 Å². The number of carbonyl (C=O) groups excluding carboxylic acids is 1. The van der Waals surface area contributed by atoms with Crippen LogP contribution in [0.15, 0.2) is 29.4 Å². The Morgan fingerprint density at radius 1 is 1.50 bits per heavy atom. The molecular weight excluding hydrogens is 258 g/mol. The molecule has 0 spiro atoms. The van der Waals surface area contributed by atoms with Gasteiger partial charge in [0, 0.05) is 18.6 Å². The van der Waals surface area contributed by atoms with Gasteiger partial charge in [0.25, 0.3) is 0 Å². The van der Waals surface area contributed by atoms with Gasteiger partial charge in [-0.05, 0) is 29.6 Å². The number of methoxy groups -OCH3 is 1. The summed E-state index contributed by atoms with van der Waals surface area (Å²) in [4.78, 5) is 14.2. The van der Waals surface area contributed by atoms with Crippen molar-refractivity contribution in [2.75, 3.05) is 20.2 Å². The molecule has 7 nitrogen and oxygen atoms in total. The number of azide groups is 1. The second kappa shape index (κ2) is 8.92. The third kappa shape index (κ3) is 5.27. The van der Waals surface area contributed by atoms with Crippen LogP contribution in [0.1, 0.15) is 23.6 Å². The predicted octanol–water partition coefficient (Wildman–Crippen LogP) is 1.65. The Morgan fingerprint density at radius 2 is 2.20 bits per heavy atom. The predicted molar refractivity (Wildman–Crippen MR) is 75.7 cm³/mol. The van der Waals surface area contributed by atoms with E-state index in [0.717, 1.165) is 11.1 Å². The van der Waals surface area contributed by atoms with E-state index in [4.69, 9.17) is 16.0 Å². The molecule has 0 aliphatic carbocycles. The molecule has 1 aromatic carbocycles. The molecule has 1 aromatic rings. The molecule has 1 atom stereocenters. The van der Waals surface area contributed by atoms with E-state index in [-0.39, 0.29) is 0 Å². The summed E-state index contributed by atoms with van der Waals surface area (Å²) in [6.45, 7) is 1.47. The van der Waals surface area contributed by atoms with E-state index in [1.54, 1.807) is 7.11 Å². The Labute approximate surface area is 117 Å². The zero-order chi connectivity index (χ0) is 14.8. The maximum absolute atomic E-state index is 11.5. The van der Waals surface area contributed by atoms with Crippen LogP contribution in [0.3, 0.4) is 0 Å². The van der Waals surface area contributed by atoms with Crippen LogP contribution >= 0.6 is 0 Å². The van der Waals surface area contributed by atoms with Crippen molar-refractivity contribution in [3.05, 3.63) is 45.8 Å². The van der Waals surface area contributed by atoms with Crippen molar-refractivity contribution in [2.24, 2.45) is 10.8 Å². The van der Waals surface area contributed by atoms with E-state index < -0.39 is 11.9 Å². The number of nitrogens with zero attached hydrogens (tertiary/aromatic N) is 3. The number of nitrogens with one attached hydrogen (secondary N) is 1. The lowest BCUT2D eigenvalue weighted by atomic mass is 10.0. The highest BCUT2D eigenvalue weighted by atomic mass is 16.5. The molecule has 0 bridgehead atoms. The molecule has 1 amide bonds. The number of primary amides is 1. The van der Waals surface area contributed by atoms with Gasteiger partial charge in [-0.25, -0.2) is 0 Å². The summed E-state index contributed by atoms with van der Waals surface area (Å²) in [7, 11) is 1.63. The van der Waals surface area contributed by atoms with Crippen LogP contribution in [-0.2, 0) is 16.1 Å². The van der Waals surface area contributed by atoms with Gasteiger partial charge >= 0.3 is 0 Å². The Hall–Kier alpha value is -2.08. The average Bonchev–Trinajstić information content (AvgIpc) is 2.44. The normalized spacial score (nSPS) is 11.7. The molecule has 108 valence electrons. The van der Waals surface area contributed by atoms with Crippen molar-refractivity contribution in [2.45, 2.75) is 19.1 Å². The Balaban J connectivity index is 2.60. The fourth-order valence-corrected chi connectivity index (χ4v) is 1.80. The highest BCUT2D eigenvalue weighted by Crippen LogP contribution is 2.14. The fourth-order valence-electron chi connectivity index (χ4n) is 1.80. The third-order valence-corrected chi connectivity index (χ3v) is 2.76. The first-order chi connectivity index (χ1) is 9.69. The van der Waals surface area contributed by atoms with Crippen molar-refractivity contribution in [1.29, 1.82) is 0 Å². The Morgan fingerprint density at radius 3 is 2.75 bits per heavy atom. The van der Waals surface area contributed by atoms with Gasteiger partial charge in [0.15, 0.2) is 0 Å². The lowest BCUT2D eigenvalue weighted by Crippen LogP contribution is -2.34. The molecule has 0 fully saturated rings. The van der Waals surface area contributed by atoms with Crippen LogP contribution in [0.25, 0.3) is 10.4 Å². The number of rotatable bonds is 9.